The van der Waals surface area contributed by atoms with Gasteiger partial charge in [-0.25, -0.2) is 8.42 Å². The summed E-state index contributed by atoms with van der Waals surface area (Å²) in [7, 11) is -3.17. The van der Waals surface area contributed by atoms with Gasteiger partial charge in [-0.05, 0) is 11.8 Å². The van der Waals surface area contributed by atoms with Crippen LogP contribution in [-0.2, 0) is 19.4 Å². The van der Waals surface area contributed by atoms with Gasteiger partial charge < -0.3 is 11.5 Å². The molecule has 0 aliphatic carbocycles. The zero-order chi connectivity index (χ0) is 11.8. The zero-order valence-electron chi connectivity index (χ0n) is 8.34. The lowest BCUT2D eigenvalue weighted by atomic mass is 9.84. The molecule has 0 aromatic carbocycles. The normalized spacial score (nSPS) is 29.2. The van der Waals surface area contributed by atoms with Gasteiger partial charge in [0.05, 0.1) is 11.5 Å². The summed E-state index contributed by atoms with van der Waals surface area (Å²) in [6.07, 6.45) is 0. The van der Waals surface area contributed by atoms with Crippen LogP contribution in [0.25, 0.3) is 0 Å². The first-order valence-corrected chi connectivity index (χ1v) is 6.36. The minimum atomic E-state index is -3.17. The molecule has 0 aromatic rings. The molecular weight excluding hydrogens is 220 g/mol. The molecule has 1 aliphatic rings. The second-order valence-electron chi connectivity index (χ2n) is 4.00. The highest BCUT2D eigenvalue weighted by Gasteiger charge is 2.44. The third-order valence-corrected chi connectivity index (χ3v) is 4.66. The number of rotatable bonds is 3. The van der Waals surface area contributed by atoms with E-state index in [0.29, 0.717) is 0 Å². The van der Waals surface area contributed by atoms with Crippen molar-refractivity contribution in [3.8, 4) is 0 Å². The second-order valence-corrected chi connectivity index (χ2v) is 6.15. The van der Waals surface area contributed by atoms with Crippen LogP contribution >= 0.6 is 0 Å². The van der Waals surface area contributed by atoms with Gasteiger partial charge in [0.15, 0.2) is 9.84 Å². The number of carbonyl (C=O) groups excluding carboxylic acids is 2. The van der Waals surface area contributed by atoms with E-state index in [9.17, 15) is 18.0 Å². The molecule has 15 heavy (non-hydrogen) atoms. The Bertz CT molecular complexity index is 375. The van der Waals surface area contributed by atoms with E-state index in [1.165, 1.54) is 0 Å². The molecule has 0 radical (unpaired) electrons. The molecule has 2 unspecified atom stereocenters. The minimum absolute atomic E-state index is 0.0191. The van der Waals surface area contributed by atoms with Crippen LogP contribution in [0.15, 0.2) is 0 Å². The molecule has 1 fully saturated rings. The maximum absolute atomic E-state index is 11.3. The van der Waals surface area contributed by atoms with Crippen molar-refractivity contribution >= 4 is 21.7 Å². The third-order valence-electron chi connectivity index (χ3n) is 2.74. The molecule has 0 spiro atoms. The summed E-state index contributed by atoms with van der Waals surface area (Å²) in [5, 5.41) is 0. The quantitative estimate of drug-likeness (QED) is 0.563. The Labute approximate surface area is 87.9 Å². The van der Waals surface area contributed by atoms with Crippen molar-refractivity contribution in [3.05, 3.63) is 0 Å². The molecule has 1 rings (SSSR count). The SMILES string of the molecule is CC1CS(=O)(=O)CC1C(C(N)=O)C(N)=O. The number of hydrogen-bond acceptors (Lipinski definition) is 4. The molecule has 1 saturated heterocycles. The molecule has 0 bridgehead atoms. The van der Waals surface area contributed by atoms with Crippen LogP contribution in [0.1, 0.15) is 6.92 Å². The largest absolute Gasteiger partial charge is 0.369 e. The lowest BCUT2D eigenvalue weighted by molar-refractivity contribution is -0.134. The van der Waals surface area contributed by atoms with E-state index in [2.05, 4.69) is 0 Å². The van der Waals surface area contributed by atoms with E-state index in [0.717, 1.165) is 0 Å². The van der Waals surface area contributed by atoms with Crippen LogP contribution in [0.3, 0.4) is 0 Å². The average Bonchev–Trinajstić information content (AvgIpc) is 2.23. The Morgan fingerprint density at radius 3 is 1.93 bits per heavy atom. The maximum atomic E-state index is 11.3. The Balaban J connectivity index is 2.97. The van der Waals surface area contributed by atoms with Crippen molar-refractivity contribution in [2.75, 3.05) is 11.5 Å². The third kappa shape index (κ3) is 2.47. The standard InChI is InChI=1S/C8H14N2O4S/c1-4-2-15(13,14)3-5(4)6(7(9)11)8(10)12/h4-6H,2-3H2,1H3,(H2,9,11)(H2,10,12). The van der Waals surface area contributed by atoms with Crippen LogP contribution < -0.4 is 11.5 Å². The van der Waals surface area contributed by atoms with E-state index in [1.54, 1.807) is 6.92 Å². The van der Waals surface area contributed by atoms with E-state index in [4.69, 9.17) is 11.5 Å². The molecule has 1 aliphatic heterocycles. The summed E-state index contributed by atoms with van der Waals surface area (Å²) < 4.78 is 22.6. The number of nitrogens with two attached hydrogens (primary N) is 2. The topological polar surface area (TPSA) is 120 Å². The fourth-order valence-electron chi connectivity index (χ4n) is 2.04. The van der Waals surface area contributed by atoms with E-state index in [-0.39, 0.29) is 17.4 Å². The summed E-state index contributed by atoms with van der Waals surface area (Å²) in [4.78, 5) is 22.0. The van der Waals surface area contributed by atoms with E-state index < -0.39 is 33.5 Å². The molecule has 0 aromatic heterocycles. The van der Waals surface area contributed by atoms with Gasteiger partial charge in [0.2, 0.25) is 11.8 Å². The summed E-state index contributed by atoms with van der Waals surface area (Å²) in [6, 6.07) is 0. The molecule has 86 valence electrons. The number of primary amides is 2. The molecule has 0 saturated carbocycles. The summed E-state index contributed by atoms with van der Waals surface area (Å²) in [5.74, 6) is -3.94. The Morgan fingerprint density at radius 2 is 1.67 bits per heavy atom. The molecule has 7 heteroatoms. The minimum Gasteiger partial charge on any atom is -0.369 e. The Hall–Kier alpha value is -1.11. The molecule has 4 N–H and O–H groups in total. The zero-order valence-corrected chi connectivity index (χ0v) is 9.16. The van der Waals surface area contributed by atoms with Gasteiger partial charge in [0.25, 0.3) is 0 Å². The second kappa shape index (κ2) is 3.80. The maximum Gasteiger partial charge on any atom is 0.230 e. The molecule has 2 amide bonds. The highest BCUT2D eigenvalue weighted by molar-refractivity contribution is 7.91. The predicted octanol–water partition coefficient (Wildman–Crippen LogP) is -1.75. The molecule has 2 atom stereocenters. The van der Waals surface area contributed by atoms with Gasteiger partial charge in [-0.15, -0.1) is 0 Å². The van der Waals surface area contributed by atoms with Gasteiger partial charge in [0, 0.05) is 0 Å². The summed E-state index contributed by atoms with van der Waals surface area (Å²) in [5.41, 5.74) is 10.1. The van der Waals surface area contributed by atoms with Crippen molar-refractivity contribution in [1.29, 1.82) is 0 Å². The van der Waals surface area contributed by atoms with Gasteiger partial charge in [-0.1, -0.05) is 6.92 Å². The number of sulfone groups is 1. The van der Waals surface area contributed by atoms with Crippen LogP contribution in [0.2, 0.25) is 0 Å². The van der Waals surface area contributed by atoms with Gasteiger partial charge in [-0.2, -0.15) is 0 Å². The summed E-state index contributed by atoms with van der Waals surface area (Å²) >= 11 is 0. The van der Waals surface area contributed by atoms with Crippen molar-refractivity contribution in [2.45, 2.75) is 6.92 Å². The number of amides is 2. The highest BCUT2D eigenvalue weighted by Crippen LogP contribution is 2.31. The van der Waals surface area contributed by atoms with Crippen molar-refractivity contribution in [1.82, 2.24) is 0 Å². The smallest absolute Gasteiger partial charge is 0.230 e. The fraction of sp³-hybridized carbons (Fsp3) is 0.750. The highest BCUT2D eigenvalue weighted by atomic mass is 32.2. The Morgan fingerprint density at radius 1 is 1.20 bits per heavy atom. The van der Waals surface area contributed by atoms with Crippen molar-refractivity contribution in [2.24, 2.45) is 29.2 Å². The molecule has 1 heterocycles. The van der Waals surface area contributed by atoms with Crippen LogP contribution in [0, 0.1) is 17.8 Å². The van der Waals surface area contributed by atoms with Crippen LogP contribution in [0.5, 0.6) is 0 Å². The number of hydrogen-bond donors (Lipinski definition) is 2. The van der Waals surface area contributed by atoms with Crippen molar-refractivity contribution < 1.29 is 18.0 Å². The monoisotopic (exact) mass is 234 g/mol. The fourth-order valence-corrected chi connectivity index (χ4v) is 4.33. The van der Waals surface area contributed by atoms with Crippen molar-refractivity contribution in [3.63, 3.8) is 0 Å². The molecule has 6 nitrogen and oxygen atoms in total. The first kappa shape index (κ1) is 12.0. The van der Waals surface area contributed by atoms with Gasteiger partial charge >= 0.3 is 0 Å². The van der Waals surface area contributed by atoms with E-state index >= 15 is 0 Å². The first-order chi connectivity index (χ1) is 6.74. The summed E-state index contributed by atoms with van der Waals surface area (Å²) in [6.45, 7) is 1.67. The molecular formula is C8H14N2O4S. The lowest BCUT2D eigenvalue weighted by Crippen LogP contribution is -2.42. The predicted molar refractivity (Wildman–Crippen MR) is 53.2 cm³/mol. The van der Waals surface area contributed by atoms with E-state index in [1.807, 2.05) is 0 Å². The lowest BCUT2D eigenvalue weighted by Gasteiger charge is -2.19. The average molecular weight is 234 g/mol. The van der Waals surface area contributed by atoms with Gasteiger partial charge in [0.1, 0.15) is 5.92 Å². The van der Waals surface area contributed by atoms with Crippen LogP contribution in [-0.4, -0.2) is 31.7 Å². The first-order valence-electron chi connectivity index (χ1n) is 4.53. The van der Waals surface area contributed by atoms with Crippen LogP contribution in [0.4, 0.5) is 0 Å². The Kier molecular flexibility index (Phi) is 3.03. The van der Waals surface area contributed by atoms with Gasteiger partial charge in [-0.3, -0.25) is 9.59 Å². The number of carbonyl (C=O) groups is 2.